The lowest BCUT2D eigenvalue weighted by Gasteiger charge is -2.59. The highest BCUT2D eigenvalue weighted by Gasteiger charge is 2.64. The largest absolute Gasteiger partial charge is 0.389 e. The highest BCUT2D eigenvalue weighted by atomic mass is 16.3. The van der Waals surface area contributed by atoms with Gasteiger partial charge in [0.1, 0.15) is 12.5 Å². The summed E-state index contributed by atoms with van der Waals surface area (Å²) in [5.74, 6) is 2.31. The lowest BCUT2D eigenvalue weighted by molar-refractivity contribution is -0.143. The van der Waals surface area contributed by atoms with E-state index in [0.717, 1.165) is 32.1 Å². The van der Waals surface area contributed by atoms with Gasteiger partial charge in [0.15, 0.2) is 11.6 Å². The molecule has 3 fully saturated rings. The van der Waals surface area contributed by atoms with Crippen LogP contribution < -0.4 is 0 Å². The van der Waals surface area contributed by atoms with E-state index in [0.29, 0.717) is 31.1 Å². The summed E-state index contributed by atoms with van der Waals surface area (Å²) >= 11 is 0. The smallest absolute Gasteiger partial charge is 0.161 e. The molecule has 0 heterocycles. The van der Waals surface area contributed by atoms with Gasteiger partial charge >= 0.3 is 0 Å². The highest BCUT2D eigenvalue weighted by molar-refractivity contribution is 5.91. The van der Waals surface area contributed by atoms with Crippen LogP contribution in [0.15, 0.2) is 17.7 Å². The minimum absolute atomic E-state index is 0.0213. The maximum Gasteiger partial charge on any atom is 0.161 e. The first-order valence-corrected chi connectivity index (χ1v) is 10.6. The number of hydrogen-bond acceptors (Lipinski definition) is 5. The number of fused-ring (bicyclic) bond motifs is 5. The Hall–Kier alpha value is -1.55. The number of ketones is 2. The van der Waals surface area contributed by atoms with Crippen LogP contribution >= 0.6 is 0 Å². The first kappa shape index (κ1) is 19.8. The lowest BCUT2D eigenvalue weighted by Crippen LogP contribution is -2.56. The fraction of sp³-hybridized carbons (Fsp3) is 0.739. The van der Waals surface area contributed by atoms with Gasteiger partial charge in [-0.05, 0) is 74.2 Å². The Kier molecular flexibility index (Phi) is 4.97. The van der Waals surface area contributed by atoms with Crippen LogP contribution in [0.4, 0.5) is 0 Å². The Labute approximate surface area is 165 Å². The van der Waals surface area contributed by atoms with Crippen molar-refractivity contribution in [3.05, 3.63) is 17.7 Å². The van der Waals surface area contributed by atoms with E-state index in [1.807, 2.05) is 6.08 Å². The van der Waals surface area contributed by atoms with Crippen molar-refractivity contribution in [2.24, 2.45) is 34.5 Å². The minimum Gasteiger partial charge on any atom is -0.389 e. The summed E-state index contributed by atoms with van der Waals surface area (Å²) < 4.78 is 0. The molecule has 3 saturated carbocycles. The zero-order chi connectivity index (χ0) is 20.1. The second-order valence-corrected chi connectivity index (χ2v) is 9.60. The SMILES string of the molecule is C[C@]12CCC(=O)C=C1CC[C@H]1[C@@H]3CC[C@H](C(=O)CO)[C@@]3(C(O)C=C=O)CC[C@@H]12. The van der Waals surface area contributed by atoms with Crippen molar-refractivity contribution in [2.75, 3.05) is 6.61 Å². The third-order valence-electron chi connectivity index (χ3n) is 8.87. The number of aliphatic hydroxyl groups is 2. The average molecular weight is 386 g/mol. The topological polar surface area (TPSA) is 91.7 Å². The number of aliphatic hydroxyl groups excluding tert-OH is 2. The number of rotatable bonds is 4. The highest BCUT2D eigenvalue weighted by Crippen LogP contribution is 2.67. The number of carbonyl (C=O) groups excluding carboxylic acids is 3. The predicted octanol–water partition coefficient (Wildman–Crippen LogP) is 2.42. The summed E-state index contributed by atoms with van der Waals surface area (Å²) in [6, 6.07) is 0. The average Bonchev–Trinajstić information content (AvgIpc) is 3.09. The van der Waals surface area contributed by atoms with Crippen molar-refractivity contribution in [3.8, 4) is 0 Å². The molecule has 0 bridgehead atoms. The van der Waals surface area contributed by atoms with Crippen molar-refractivity contribution in [2.45, 2.75) is 64.4 Å². The molecule has 0 aromatic carbocycles. The van der Waals surface area contributed by atoms with E-state index in [4.69, 9.17) is 0 Å². The summed E-state index contributed by atoms with van der Waals surface area (Å²) in [6.45, 7) is 1.78. The van der Waals surface area contributed by atoms with Gasteiger partial charge in [0.05, 0.1) is 6.10 Å². The maximum atomic E-state index is 12.5. The molecule has 28 heavy (non-hydrogen) atoms. The summed E-state index contributed by atoms with van der Waals surface area (Å²) in [5, 5.41) is 20.5. The van der Waals surface area contributed by atoms with Crippen LogP contribution in [-0.4, -0.2) is 40.4 Å². The van der Waals surface area contributed by atoms with Gasteiger partial charge in [-0.2, -0.15) is 0 Å². The molecule has 1 unspecified atom stereocenters. The zero-order valence-corrected chi connectivity index (χ0v) is 16.5. The quantitative estimate of drug-likeness (QED) is 0.724. The van der Waals surface area contributed by atoms with E-state index in [2.05, 4.69) is 6.92 Å². The van der Waals surface area contributed by atoms with Crippen LogP contribution in [0.2, 0.25) is 0 Å². The van der Waals surface area contributed by atoms with Gasteiger partial charge in [0, 0.05) is 23.8 Å². The van der Waals surface area contributed by atoms with Crippen LogP contribution in [0.5, 0.6) is 0 Å². The third-order valence-corrected chi connectivity index (χ3v) is 8.87. The lowest BCUT2D eigenvalue weighted by atomic mass is 9.45. The molecule has 0 aromatic rings. The summed E-state index contributed by atoms with van der Waals surface area (Å²) in [5.41, 5.74) is 0.639. The normalized spacial score (nSPS) is 43.1. The van der Waals surface area contributed by atoms with Crippen LogP contribution in [-0.2, 0) is 14.4 Å². The van der Waals surface area contributed by atoms with Crippen molar-refractivity contribution < 1.29 is 24.6 Å². The molecule has 0 aliphatic heterocycles. The Bertz CT molecular complexity index is 763. The van der Waals surface area contributed by atoms with Gasteiger partial charge in [-0.3, -0.25) is 9.59 Å². The Morgan fingerprint density at radius 3 is 2.75 bits per heavy atom. The number of allylic oxidation sites excluding steroid dienone is 1. The molecule has 4 aliphatic carbocycles. The Morgan fingerprint density at radius 2 is 2.04 bits per heavy atom. The minimum atomic E-state index is -1.00. The van der Waals surface area contributed by atoms with E-state index in [1.54, 1.807) is 5.94 Å². The van der Waals surface area contributed by atoms with E-state index in [9.17, 15) is 24.6 Å². The van der Waals surface area contributed by atoms with Gasteiger partial charge in [-0.15, -0.1) is 0 Å². The van der Waals surface area contributed by atoms with E-state index in [1.165, 1.54) is 11.6 Å². The van der Waals surface area contributed by atoms with Crippen molar-refractivity contribution in [3.63, 3.8) is 0 Å². The molecular weight excluding hydrogens is 356 g/mol. The van der Waals surface area contributed by atoms with Crippen LogP contribution in [0, 0.1) is 34.5 Å². The summed E-state index contributed by atoms with van der Waals surface area (Å²) in [7, 11) is 0. The van der Waals surface area contributed by atoms with Gasteiger partial charge in [0.25, 0.3) is 0 Å². The molecule has 0 saturated heterocycles. The van der Waals surface area contributed by atoms with E-state index >= 15 is 0 Å². The Morgan fingerprint density at radius 1 is 1.25 bits per heavy atom. The molecule has 152 valence electrons. The van der Waals surface area contributed by atoms with Crippen LogP contribution in [0.1, 0.15) is 58.3 Å². The third kappa shape index (κ3) is 2.63. The second-order valence-electron chi connectivity index (χ2n) is 9.60. The molecule has 4 aliphatic rings. The summed E-state index contributed by atoms with van der Waals surface area (Å²) in [6.07, 6.45) is 8.44. The monoisotopic (exact) mass is 386 g/mol. The van der Waals surface area contributed by atoms with Gasteiger partial charge in [-0.25, -0.2) is 4.79 Å². The standard InChI is InChI=1S/C23H30O5/c1-22-9-6-15(26)12-14(22)2-3-16-17(22)7-10-23(21(28)8-11-24)18(16)4-5-19(23)20(27)13-25/h8,12,16-19,21,25,28H,2-7,9-10,13H2,1H3/t16-,17+,18+,19-,21?,22+,23-/m1/s1. The number of hydrogen-bond donors (Lipinski definition) is 2. The fourth-order valence-corrected chi connectivity index (χ4v) is 7.65. The van der Waals surface area contributed by atoms with Crippen molar-refractivity contribution in [1.82, 2.24) is 0 Å². The van der Waals surface area contributed by atoms with E-state index < -0.39 is 24.0 Å². The van der Waals surface area contributed by atoms with Crippen LogP contribution in [0.3, 0.4) is 0 Å². The predicted molar refractivity (Wildman–Crippen MR) is 103 cm³/mol. The van der Waals surface area contributed by atoms with E-state index in [-0.39, 0.29) is 22.9 Å². The van der Waals surface area contributed by atoms with Gasteiger partial charge in [-0.1, -0.05) is 12.5 Å². The molecule has 5 heteroatoms. The molecular formula is C23H30O5. The molecule has 0 amide bonds. The van der Waals surface area contributed by atoms with Crippen molar-refractivity contribution in [1.29, 1.82) is 0 Å². The number of Topliss-reactive ketones (excluding diaryl/α,β-unsaturated/α-hetero) is 1. The van der Waals surface area contributed by atoms with Gasteiger partial charge < -0.3 is 10.2 Å². The molecule has 7 atom stereocenters. The molecule has 0 radical (unpaired) electrons. The van der Waals surface area contributed by atoms with Gasteiger partial charge in [0.2, 0.25) is 0 Å². The first-order valence-electron chi connectivity index (χ1n) is 10.6. The maximum absolute atomic E-state index is 12.5. The van der Waals surface area contributed by atoms with Crippen LogP contribution in [0.25, 0.3) is 0 Å². The first-order chi connectivity index (χ1) is 13.4. The number of carbonyl (C=O) groups is 2. The summed E-state index contributed by atoms with van der Waals surface area (Å²) in [4.78, 5) is 35.5. The Balaban J connectivity index is 1.73. The molecule has 0 aromatic heterocycles. The molecule has 2 N–H and O–H groups in total. The van der Waals surface area contributed by atoms with Crippen molar-refractivity contribution >= 4 is 17.5 Å². The molecule has 0 spiro atoms. The zero-order valence-electron chi connectivity index (χ0n) is 16.5. The fourth-order valence-electron chi connectivity index (χ4n) is 7.65. The second kappa shape index (κ2) is 7.05. The molecule has 4 rings (SSSR count). The molecule has 5 nitrogen and oxygen atoms in total.